The SMILES string of the molecule is CC(C)(C)C[C@@H]1[C@@H](C(=O)O)C1(C)C. The fourth-order valence-corrected chi connectivity index (χ4v) is 2.28. The Morgan fingerprint density at radius 3 is 2.08 bits per heavy atom. The lowest BCUT2D eigenvalue weighted by Gasteiger charge is -2.18. The molecule has 0 radical (unpaired) electrons. The topological polar surface area (TPSA) is 37.3 Å². The quantitative estimate of drug-likeness (QED) is 0.716. The molecule has 0 unspecified atom stereocenters. The van der Waals surface area contributed by atoms with Gasteiger partial charge in [0.1, 0.15) is 0 Å². The first-order valence-corrected chi connectivity index (χ1v) is 4.89. The van der Waals surface area contributed by atoms with Crippen molar-refractivity contribution in [3.05, 3.63) is 0 Å². The molecule has 1 aliphatic carbocycles. The van der Waals surface area contributed by atoms with Gasteiger partial charge < -0.3 is 5.11 Å². The van der Waals surface area contributed by atoms with Crippen molar-refractivity contribution in [2.24, 2.45) is 22.7 Å². The van der Waals surface area contributed by atoms with Crippen molar-refractivity contribution in [3.63, 3.8) is 0 Å². The highest BCUT2D eigenvalue weighted by Gasteiger charge is 2.62. The zero-order chi connectivity index (χ0) is 10.4. The zero-order valence-corrected chi connectivity index (χ0v) is 9.22. The van der Waals surface area contributed by atoms with Crippen LogP contribution in [0.1, 0.15) is 41.0 Å². The van der Waals surface area contributed by atoms with Crippen LogP contribution in [-0.2, 0) is 4.79 Å². The monoisotopic (exact) mass is 184 g/mol. The number of hydrogen-bond acceptors (Lipinski definition) is 1. The average Bonchev–Trinajstić information content (AvgIpc) is 2.28. The average molecular weight is 184 g/mol. The second-order valence-corrected chi connectivity index (χ2v) is 6.01. The van der Waals surface area contributed by atoms with E-state index >= 15 is 0 Å². The summed E-state index contributed by atoms with van der Waals surface area (Å²) in [7, 11) is 0. The van der Waals surface area contributed by atoms with Crippen LogP contribution < -0.4 is 0 Å². The molecule has 1 fully saturated rings. The van der Waals surface area contributed by atoms with E-state index in [2.05, 4.69) is 34.6 Å². The van der Waals surface area contributed by atoms with Crippen LogP contribution in [0.5, 0.6) is 0 Å². The van der Waals surface area contributed by atoms with E-state index in [4.69, 9.17) is 5.11 Å². The Morgan fingerprint density at radius 2 is 1.85 bits per heavy atom. The maximum Gasteiger partial charge on any atom is 0.307 e. The van der Waals surface area contributed by atoms with Gasteiger partial charge in [0.2, 0.25) is 0 Å². The Hall–Kier alpha value is -0.530. The molecule has 0 spiro atoms. The van der Waals surface area contributed by atoms with Crippen molar-refractivity contribution in [1.29, 1.82) is 0 Å². The zero-order valence-electron chi connectivity index (χ0n) is 9.22. The summed E-state index contributed by atoms with van der Waals surface area (Å²) < 4.78 is 0. The molecule has 2 heteroatoms. The second-order valence-electron chi connectivity index (χ2n) is 6.01. The van der Waals surface area contributed by atoms with E-state index in [0.717, 1.165) is 6.42 Å². The van der Waals surface area contributed by atoms with Crippen LogP contribution in [0.3, 0.4) is 0 Å². The minimum atomic E-state index is -0.626. The van der Waals surface area contributed by atoms with Gasteiger partial charge in [-0.25, -0.2) is 0 Å². The van der Waals surface area contributed by atoms with Gasteiger partial charge in [-0.15, -0.1) is 0 Å². The first-order chi connectivity index (χ1) is 5.66. The summed E-state index contributed by atoms with van der Waals surface area (Å²) in [5, 5.41) is 8.96. The molecule has 0 heterocycles. The predicted octanol–water partition coefficient (Wildman–Crippen LogP) is 2.78. The van der Waals surface area contributed by atoms with Gasteiger partial charge in [-0.1, -0.05) is 34.6 Å². The highest BCUT2D eigenvalue weighted by Crippen LogP contribution is 2.62. The minimum absolute atomic E-state index is 0.0130. The Labute approximate surface area is 80.3 Å². The van der Waals surface area contributed by atoms with Crippen LogP contribution in [0, 0.1) is 22.7 Å². The Balaban J connectivity index is 2.61. The van der Waals surface area contributed by atoms with E-state index in [1.54, 1.807) is 0 Å². The number of aliphatic carboxylic acids is 1. The Bertz CT molecular complexity index is 223. The van der Waals surface area contributed by atoms with Gasteiger partial charge >= 0.3 is 5.97 Å². The highest BCUT2D eigenvalue weighted by molar-refractivity contribution is 5.75. The number of carbonyl (C=O) groups is 1. The number of rotatable bonds is 2. The van der Waals surface area contributed by atoms with Crippen molar-refractivity contribution in [1.82, 2.24) is 0 Å². The number of carboxylic acid groups (broad SMARTS) is 1. The maximum absolute atomic E-state index is 10.9. The second kappa shape index (κ2) is 2.73. The van der Waals surface area contributed by atoms with E-state index < -0.39 is 5.97 Å². The molecule has 0 aliphatic heterocycles. The first-order valence-electron chi connectivity index (χ1n) is 4.89. The Kier molecular flexibility index (Phi) is 2.21. The van der Waals surface area contributed by atoms with E-state index in [-0.39, 0.29) is 16.7 Å². The molecule has 0 bridgehead atoms. The van der Waals surface area contributed by atoms with Gasteiger partial charge in [0, 0.05) is 0 Å². The van der Waals surface area contributed by atoms with Crippen LogP contribution in [0.2, 0.25) is 0 Å². The van der Waals surface area contributed by atoms with Gasteiger partial charge in [0.05, 0.1) is 5.92 Å². The lowest BCUT2D eigenvalue weighted by Crippen LogP contribution is -2.08. The van der Waals surface area contributed by atoms with Crippen molar-refractivity contribution >= 4 is 5.97 Å². The molecule has 2 nitrogen and oxygen atoms in total. The molecule has 0 saturated heterocycles. The van der Waals surface area contributed by atoms with Gasteiger partial charge in [-0.2, -0.15) is 0 Å². The molecule has 2 atom stereocenters. The molecule has 1 aliphatic rings. The molecule has 0 aromatic rings. The standard InChI is InChI=1S/C11H20O2/c1-10(2,3)6-7-8(9(12)13)11(7,4)5/h7-8H,6H2,1-5H3,(H,12,13)/t7-,8+/m1/s1. The molecular formula is C11H20O2. The molecule has 13 heavy (non-hydrogen) atoms. The summed E-state index contributed by atoms with van der Waals surface area (Å²) in [6.45, 7) is 10.6. The number of hydrogen-bond donors (Lipinski definition) is 1. The van der Waals surface area contributed by atoms with Crippen LogP contribution in [0.4, 0.5) is 0 Å². The maximum atomic E-state index is 10.9. The normalized spacial score (nSPS) is 31.5. The lowest BCUT2D eigenvalue weighted by atomic mass is 9.87. The van der Waals surface area contributed by atoms with Crippen LogP contribution in [0.15, 0.2) is 0 Å². The van der Waals surface area contributed by atoms with Crippen molar-refractivity contribution in [2.45, 2.75) is 41.0 Å². The van der Waals surface area contributed by atoms with E-state index in [0.29, 0.717) is 5.92 Å². The molecule has 1 N–H and O–H groups in total. The minimum Gasteiger partial charge on any atom is -0.481 e. The first kappa shape index (κ1) is 10.6. The third-order valence-electron chi connectivity index (χ3n) is 3.15. The van der Waals surface area contributed by atoms with Crippen molar-refractivity contribution in [3.8, 4) is 0 Å². The highest BCUT2D eigenvalue weighted by atomic mass is 16.4. The van der Waals surface area contributed by atoms with Crippen molar-refractivity contribution < 1.29 is 9.90 Å². The predicted molar refractivity (Wildman–Crippen MR) is 52.5 cm³/mol. The van der Waals surface area contributed by atoms with E-state index in [1.165, 1.54) is 0 Å². The largest absolute Gasteiger partial charge is 0.481 e. The Morgan fingerprint density at radius 1 is 1.38 bits per heavy atom. The van der Waals surface area contributed by atoms with Crippen molar-refractivity contribution in [2.75, 3.05) is 0 Å². The number of carboxylic acids is 1. The van der Waals surface area contributed by atoms with E-state index in [9.17, 15) is 4.79 Å². The summed E-state index contributed by atoms with van der Waals surface area (Å²) in [5.41, 5.74) is 0.255. The van der Waals surface area contributed by atoms with E-state index in [1.807, 2.05) is 0 Å². The molecular weight excluding hydrogens is 164 g/mol. The molecule has 0 aromatic heterocycles. The molecule has 0 amide bonds. The summed E-state index contributed by atoms with van der Waals surface area (Å²) in [6, 6.07) is 0. The van der Waals surface area contributed by atoms with Gasteiger partial charge in [0.25, 0.3) is 0 Å². The third-order valence-corrected chi connectivity index (χ3v) is 3.15. The molecule has 1 saturated carbocycles. The molecule has 76 valence electrons. The summed E-state index contributed by atoms with van der Waals surface area (Å²) in [4.78, 5) is 10.9. The molecule has 0 aromatic carbocycles. The fourth-order valence-electron chi connectivity index (χ4n) is 2.28. The van der Waals surface area contributed by atoms with Gasteiger partial charge in [-0.3, -0.25) is 4.79 Å². The van der Waals surface area contributed by atoms with Crippen LogP contribution in [0.25, 0.3) is 0 Å². The fraction of sp³-hybridized carbons (Fsp3) is 0.909. The van der Waals surface area contributed by atoms with Gasteiger partial charge in [-0.05, 0) is 23.2 Å². The summed E-state index contributed by atoms with van der Waals surface area (Å²) >= 11 is 0. The summed E-state index contributed by atoms with van der Waals surface area (Å²) in [5.74, 6) is -0.379. The lowest BCUT2D eigenvalue weighted by molar-refractivity contribution is -0.139. The van der Waals surface area contributed by atoms with Crippen LogP contribution in [-0.4, -0.2) is 11.1 Å². The van der Waals surface area contributed by atoms with Gasteiger partial charge in [0.15, 0.2) is 0 Å². The smallest absolute Gasteiger partial charge is 0.307 e. The third kappa shape index (κ3) is 2.04. The summed E-state index contributed by atoms with van der Waals surface area (Å²) in [6.07, 6.45) is 1.01. The molecule has 1 rings (SSSR count). The van der Waals surface area contributed by atoms with Crippen LogP contribution >= 0.6 is 0 Å².